The van der Waals surface area contributed by atoms with E-state index in [0.717, 1.165) is 39.9 Å². The maximum absolute atomic E-state index is 13.1. The van der Waals surface area contributed by atoms with E-state index in [1.165, 1.54) is 16.0 Å². The highest BCUT2D eigenvalue weighted by atomic mass is 32.1. The number of nitrogens with one attached hydrogen (secondary N) is 1. The predicted molar refractivity (Wildman–Crippen MR) is 122 cm³/mol. The van der Waals surface area contributed by atoms with Gasteiger partial charge in [0, 0.05) is 11.0 Å². The Morgan fingerprint density at radius 2 is 2.00 bits per heavy atom. The van der Waals surface area contributed by atoms with Crippen molar-refractivity contribution < 1.29 is 9.69 Å². The van der Waals surface area contributed by atoms with Crippen molar-refractivity contribution >= 4 is 50.0 Å². The molecule has 0 spiro atoms. The molecule has 4 nitrogen and oxygen atoms in total. The Bertz CT molecular complexity index is 956. The van der Waals surface area contributed by atoms with Crippen LogP contribution in [0, 0.1) is 13.8 Å². The lowest BCUT2D eigenvalue weighted by atomic mass is 10.1. The first-order chi connectivity index (χ1) is 13.5. The number of carbonyl (C=O) groups excluding carboxylic acids is 1. The highest BCUT2D eigenvalue weighted by molar-refractivity contribution is 7.22. The minimum Gasteiger partial charge on any atom is -0.334 e. The van der Waals surface area contributed by atoms with Gasteiger partial charge in [0.1, 0.15) is 0 Å². The third-order valence-corrected chi connectivity index (χ3v) is 7.07. The Morgan fingerprint density at radius 3 is 2.68 bits per heavy atom. The number of thiophene rings is 1. The molecule has 0 aliphatic heterocycles. The summed E-state index contributed by atoms with van der Waals surface area (Å²) in [4.78, 5) is 22.3. The van der Waals surface area contributed by atoms with Gasteiger partial charge in [0.15, 0.2) is 5.13 Å². The minimum absolute atomic E-state index is 0.00612. The summed E-state index contributed by atoms with van der Waals surface area (Å²) in [6.45, 7) is 12.3. The van der Waals surface area contributed by atoms with Crippen LogP contribution in [0.5, 0.6) is 0 Å². The second-order valence-corrected chi connectivity index (χ2v) is 8.88. The molecule has 1 aromatic carbocycles. The molecule has 2 heterocycles. The molecule has 0 unspecified atom stereocenters. The lowest BCUT2D eigenvalue weighted by molar-refractivity contribution is -0.894. The first-order valence-corrected chi connectivity index (χ1v) is 11.5. The molecule has 0 atom stereocenters. The minimum atomic E-state index is -0.00612. The zero-order chi connectivity index (χ0) is 20.1. The average Bonchev–Trinajstić information content (AvgIpc) is 3.36. The zero-order valence-electron chi connectivity index (χ0n) is 17.0. The third kappa shape index (κ3) is 4.69. The number of hydrogen-bond acceptors (Lipinski definition) is 4. The standard InChI is InChI=1S/C22H27N3OS2/c1-5-24(6-2)13-14-25(20(26)12-10-18-8-7-15-27-18)22-23-21-17(4)16(3)9-11-19(21)28-22/h7-12,15H,5-6,13-14H2,1-4H3/p+1/b12-10+. The van der Waals surface area contributed by atoms with Crippen LogP contribution < -0.4 is 9.80 Å². The number of anilines is 1. The van der Waals surface area contributed by atoms with Crippen LogP contribution in [0.4, 0.5) is 5.13 Å². The molecule has 0 radical (unpaired) electrons. The first-order valence-electron chi connectivity index (χ1n) is 9.76. The van der Waals surface area contributed by atoms with Crippen LogP contribution in [0.25, 0.3) is 16.3 Å². The second-order valence-electron chi connectivity index (χ2n) is 6.90. The van der Waals surface area contributed by atoms with Crippen molar-refractivity contribution in [3.05, 3.63) is 51.7 Å². The van der Waals surface area contributed by atoms with E-state index in [0.29, 0.717) is 6.54 Å². The Hall–Kier alpha value is -2.02. The van der Waals surface area contributed by atoms with E-state index < -0.39 is 0 Å². The molecular weight excluding hydrogens is 386 g/mol. The summed E-state index contributed by atoms with van der Waals surface area (Å²) in [5.74, 6) is -0.00612. The molecule has 6 heteroatoms. The van der Waals surface area contributed by atoms with E-state index in [2.05, 4.69) is 39.8 Å². The lowest BCUT2D eigenvalue weighted by Gasteiger charge is -2.21. The second kappa shape index (κ2) is 9.45. The van der Waals surface area contributed by atoms with Gasteiger partial charge in [-0.3, -0.25) is 9.69 Å². The van der Waals surface area contributed by atoms with E-state index in [-0.39, 0.29) is 5.91 Å². The fourth-order valence-corrected chi connectivity index (χ4v) is 4.81. The van der Waals surface area contributed by atoms with Gasteiger partial charge in [-0.25, -0.2) is 4.98 Å². The van der Waals surface area contributed by atoms with Crippen LogP contribution in [0.3, 0.4) is 0 Å². The Balaban J connectivity index is 1.90. The van der Waals surface area contributed by atoms with Gasteiger partial charge in [0.2, 0.25) is 0 Å². The molecule has 3 rings (SSSR count). The lowest BCUT2D eigenvalue weighted by Crippen LogP contribution is -3.12. The quantitative estimate of drug-likeness (QED) is 0.567. The van der Waals surface area contributed by atoms with Crippen molar-refractivity contribution in [1.29, 1.82) is 0 Å². The van der Waals surface area contributed by atoms with E-state index in [1.54, 1.807) is 28.7 Å². The number of likely N-dealkylation sites (N-methyl/N-ethyl adjacent to an activating group) is 1. The van der Waals surface area contributed by atoms with Gasteiger partial charge in [-0.05, 0) is 62.4 Å². The number of amides is 1. The molecule has 0 aliphatic rings. The van der Waals surface area contributed by atoms with Gasteiger partial charge in [0.05, 0.1) is 36.4 Å². The van der Waals surface area contributed by atoms with E-state index >= 15 is 0 Å². The summed E-state index contributed by atoms with van der Waals surface area (Å²) in [6.07, 6.45) is 3.57. The zero-order valence-corrected chi connectivity index (χ0v) is 18.6. The van der Waals surface area contributed by atoms with Gasteiger partial charge in [0.25, 0.3) is 5.91 Å². The molecule has 0 bridgehead atoms. The summed E-state index contributed by atoms with van der Waals surface area (Å²) in [5.41, 5.74) is 3.43. The summed E-state index contributed by atoms with van der Waals surface area (Å²) in [7, 11) is 0. The Morgan fingerprint density at radius 1 is 1.21 bits per heavy atom. The number of hydrogen-bond donors (Lipinski definition) is 1. The largest absolute Gasteiger partial charge is 0.334 e. The van der Waals surface area contributed by atoms with Crippen molar-refractivity contribution in [2.24, 2.45) is 0 Å². The number of benzene rings is 1. The molecule has 0 saturated carbocycles. The summed E-state index contributed by atoms with van der Waals surface area (Å²) in [5, 5.41) is 2.81. The fourth-order valence-electron chi connectivity index (χ4n) is 3.13. The summed E-state index contributed by atoms with van der Waals surface area (Å²) < 4.78 is 1.13. The molecule has 1 N–H and O–H groups in total. The number of quaternary nitrogens is 1. The van der Waals surface area contributed by atoms with E-state index in [9.17, 15) is 4.79 Å². The topological polar surface area (TPSA) is 37.6 Å². The number of rotatable bonds is 8. The molecule has 148 valence electrons. The van der Waals surface area contributed by atoms with Crippen molar-refractivity contribution in [1.82, 2.24) is 4.98 Å². The van der Waals surface area contributed by atoms with E-state index in [4.69, 9.17) is 4.98 Å². The number of fused-ring (bicyclic) bond motifs is 1. The summed E-state index contributed by atoms with van der Waals surface area (Å²) in [6, 6.07) is 8.25. The molecule has 0 aliphatic carbocycles. The van der Waals surface area contributed by atoms with Gasteiger partial charge in [-0.1, -0.05) is 23.5 Å². The third-order valence-electron chi connectivity index (χ3n) is 5.19. The Labute approximate surface area is 175 Å². The monoisotopic (exact) mass is 414 g/mol. The summed E-state index contributed by atoms with van der Waals surface area (Å²) >= 11 is 3.23. The molecule has 1 amide bonds. The highest BCUT2D eigenvalue weighted by Gasteiger charge is 2.20. The van der Waals surface area contributed by atoms with Crippen molar-refractivity contribution in [3.63, 3.8) is 0 Å². The van der Waals surface area contributed by atoms with Crippen molar-refractivity contribution in [2.75, 3.05) is 31.1 Å². The maximum atomic E-state index is 13.1. The van der Waals surface area contributed by atoms with Gasteiger partial charge < -0.3 is 4.90 Å². The maximum Gasteiger partial charge on any atom is 0.253 e. The van der Waals surface area contributed by atoms with Crippen molar-refractivity contribution in [3.8, 4) is 0 Å². The average molecular weight is 415 g/mol. The molecule has 3 aromatic rings. The first kappa shape index (κ1) is 20.7. The smallest absolute Gasteiger partial charge is 0.253 e. The predicted octanol–water partition coefficient (Wildman–Crippen LogP) is 3.95. The highest BCUT2D eigenvalue weighted by Crippen LogP contribution is 2.32. The SMILES string of the molecule is CC[NH+](CC)CCN(C(=O)/C=C/c1cccs1)c1nc2c(C)c(C)ccc2s1. The van der Waals surface area contributed by atoms with Crippen LogP contribution in [-0.2, 0) is 4.79 Å². The molecule has 0 saturated heterocycles. The van der Waals surface area contributed by atoms with Crippen LogP contribution in [0.15, 0.2) is 35.7 Å². The fraction of sp³-hybridized carbons (Fsp3) is 0.364. The van der Waals surface area contributed by atoms with Crippen LogP contribution >= 0.6 is 22.7 Å². The van der Waals surface area contributed by atoms with Crippen LogP contribution in [-0.4, -0.2) is 37.1 Å². The number of aromatic nitrogens is 1. The van der Waals surface area contributed by atoms with Crippen LogP contribution in [0.2, 0.25) is 0 Å². The molecule has 2 aromatic heterocycles. The van der Waals surface area contributed by atoms with E-state index in [1.807, 2.05) is 28.5 Å². The number of aryl methyl sites for hydroxylation is 2. The number of thiazole rings is 1. The number of nitrogens with zero attached hydrogens (tertiary/aromatic N) is 2. The van der Waals surface area contributed by atoms with Gasteiger partial charge in [-0.15, -0.1) is 11.3 Å². The normalized spacial score (nSPS) is 11.8. The molecular formula is C22H28N3OS2+. The molecule has 28 heavy (non-hydrogen) atoms. The van der Waals surface area contributed by atoms with Gasteiger partial charge >= 0.3 is 0 Å². The van der Waals surface area contributed by atoms with Crippen molar-refractivity contribution in [2.45, 2.75) is 27.7 Å². The Kier molecular flexibility index (Phi) is 6.99. The number of carbonyl (C=O) groups is 1. The van der Waals surface area contributed by atoms with Crippen LogP contribution in [0.1, 0.15) is 29.9 Å². The molecule has 0 fully saturated rings. The van der Waals surface area contributed by atoms with Gasteiger partial charge in [-0.2, -0.15) is 0 Å².